The number of amides is 2. The maximum atomic E-state index is 13.9. The number of halogens is 1. The Balaban J connectivity index is 1.57. The predicted molar refractivity (Wildman–Crippen MR) is 168 cm³/mol. The van der Waals surface area contributed by atoms with Crippen LogP contribution in [0.5, 0.6) is 11.5 Å². The number of carbonyl (C=O) groups excluding carboxylic acids is 2. The van der Waals surface area contributed by atoms with Crippen molar-refractivity contribution in [1.29, 1.82) is 0 Å². The summed E-state index contributed by atoms with van der Waals surface area (Å²) in [5, 5.41) is 3.50. The highest BCUT2D eigenvalue weighted by Crippen LogP contribution is 2.36. The number of benzene rings is 3. The number of fused-ring (bicyclic) bond motifs is 1. The van der Waals surface area contributed by atoms with Crippen molar-refractivity contribution in [3.8, 4) is 11.5 Å². The summed E-state index contributed by atoms with van der Waals surface area (Å²) in [5.74, 6) is 0.497. The van der Waals surface area contributed by atoms with E-state index in [0.29, 0.717) is 35.2 Å². The Morgan fingerprint density at radius 2 is 1.70 bits per heavy atom. The molecule has 1 atom stereocenters. The van der Waals surface area contributed by atoms with Crippen molar-refractivity contribution in [2.75, 3.05) is 30.4 Å². The van der Waals surface area contributed by atoms with Crippen LogP contribution in [0.15, 0.2) is 72.8 Å². The lowest BCUT2D eigenvalue weighted by Gasteiger charge is -2.32. The molecule has 3 aromatic rings. The molecule has 0 bridgehead atoms. The molecule has 4 rings (SSSR count). The third-order valence-electron chi connectivity index (χ3n) is 7.20. The molecule has 3 aromatic carbocycles. The zero-order valence-electron chi connectivity index (χ0n) is 24.5. The average Bonchev–Trinajstić information content (AvgIpc) is 3.46. The van der Waals surface area contributed by atoms with E-state index in [2.05, 4.69) is 5.32 Å². The topological polar surface area (TPSA) is 105 Å². The number of rotatable bonds is 15. The van der Waals surface area contributed by atoms with Gasteiger partial charge in [0.2, 0.25) is 28.6 Å². The molecule has 2 amide bonds. The molecule has 230 valence electrons. The van der Waals surface area contributed by atoms with Crippen LogP contribution in [0.2, 0.25) is 5.02 Å². The first kappa shape index (κ1) is 32.2. The summed E-state index contributed by atoms with van der Waals surface area (Å²) in [4.78, 5) is 29.1. The number of hydrogen-bond acceptors (Lipinski definition) is 6. The first-order valence-electron chi connectivity index (χ1n) is 14.4. The summed E-state index contributed by atoms with van der Waals surface area (Å²) in [6.07, 6.45) is 3.44. The Hall–Kier alpha value is -3.76. The maximum Gasteiger partial charge on any atom is 0.243 e. The minimum atomic E-state index is -3.66. The van der Waals surface area contributed by atoms with E-state index in [9.17, 15) is 18.0 Å². The number of anilines is 1. The highest BCUT2D eigenvalue weighted by atomic mass is 35.5. The van der Waals surface area contributed by atoms with Crippen molar-refractivity contribution < 1.29 is 27.5 Å². The van der Waals surface area contributed by atoms with Gasteiger partial charge in [0.25, 0.3) is 0 Å². The SMILES string of the molecule is CCCCNC(=O)[C@@H](Cc1ccccc1)N(Cc1ccccc1Cl)C(=O)CCCN(c1ccc2c(c1)OCO2)S(C)(=O)=O. The molecule has 0 aromatic heterocycles. The van der Waals surface area contributed by atoms with E-state index >= 15 is 0 Å². The molecule has 11 heteroatoms. The van der Waals surface area contributed by atoms with Crippen molar-refractivity contribution in [3.63, 3.8) is 0 Å². The largest absolute Gasteiger partial charge is 0.454 e. The van der Waals surface area contributed by atoms with E-state index in [0.717, 1.165) is 30.2 Å². The molecular weight excluding hydrogens is 590 g/mol. The molecule has 0 radical (unpaired) electrons. The van der Waals surface area contributed by atoms with E-state index in [1.54, 1.807) is 29.2 Å². The second-order valence-corrected chi connectivity index (χ2v) is 12.8. The lowest BCUT2D eigenvalue weighted by molar-refractivity contribution is -0.141. The number of nitrogens with zero attached hydrogens (tertiary/aromatic N) is 2. The molecule has 0 saturated carbocycles. The van der Waals surface area contributed by atoms with E-state index in [4.69, 9.17) is 21.1 Å². The number of ether oxygens (including phenoxy) is 2. The molecule has 0 saturated heterocycles. The van der Waals surface area contributed by atoms with E-state index < -0.39 is 16.1 Å². The van der Waals surface area contributed by atoms with Crippen LogP contribution >= 0.6 is 11.6 Å². The zero-order valence-corrected chi connectivity index (χ0v) is 26.1. The Kier molecular flexibility index (Phi) is 11.3. The fourth-order valence-corrected chi connectivity index (χ4v) is 6.07. The number of unbranched alkanes of at least 4 members (excludes halogenated alkanes) is 1. The average molecular weight is 628 g/mol. The van der Waals surface area contributed by atoms with Crippen molar-refractivity contribution in [2.24, 2.45) is 0 Å². The van der Waals surface area contributed by atoms with Crippen LogP contribution in [0.1, 0.15) is 43.7 Å². The van der Waals surface area contributed by atoms with Gasteiger partial charge in [0.1, 0.15) is 6.04 Å². The van der Waals surface area contributed by atoms with Gasteiger partial charge in [-0.3, -0.25) is 13.9 Å². The molecule has 9 nitrogen and oxygen atoms in total. The van der Waals surface area contributed by atoms with Crippen LogP contribution in [0.3, 0.4) is 0 Å². The van der Waals surface area contributed by atoms with Crippen molar-refractivity contribution in [2.45, 2.75) is 51.6 Å². The first-order chi connectivity index (χ1) is 20.7. The zero-order chi connectivity index (χ0) is 30.8. The predicted octanol–water partition coefficient (Wildman–Crippen LogP) is 5.17. The van der Waals surface area contributed by atoms with E-state index in [-0.39, 0.29) is 44.5 Å². The highest BCUT2D eigenvalue weighted by molar-refractivity contribution is 7.92. The minimum Gasteiger partial charge on any atom is -0.454 e. The van der Waals surface area contributed by atoms with Crippen LogP contribution in [-0.2, 0) is 32.6 Å². The van der Waals surface area contributed by atoms with Gasteiger partial charge in [0, 0.05) is 43.6 Å². The lowest BCUT2D eigenvalue weighted by Crippen LogP contribution is -2.50. The van der Waals surface area contributed by atoms with Crippen LogP contribution in [0, 0.1) is 0 Å². The molecule has 0 spiro atoms. The molecule has 43 heavy (non-hydrogen) atoms. The third kappa shape index (κ3) is 8.87. The summed E-state index contributed by atoms with van der Waals surface area (Å²) in [6, 6.07) is 20.9. The Labute approximate surface area is 258 Å². The summed E-state index contributed by atoms with van der Waals surface area (Å²) < 4.78 is 37.5. The smallest absolute Gasteiger partial charge is 0.243 e. The fraction of sp³-hybridized carbons (Fsp3) is 0.375. The van der Waals surface area contributed by atoms with Crippen LogP contribution in [0.25, 0.3) is 0 Å². The number of nitrogens with one attached hydrogen (secondary N) is 1. The molecule has 1 N–H and O–H groups in total. The molecule has 1 aliphatic rings. The van der Waals surface area contributed by atoms with Crippen LogP contribution in [0.4, 0.5) is 5.69 Å². The Morgan fingerprint density at radius 3 is 2.42 bits per heavy atom. The lowest BCUT2D eigenvalue weighted by atomic mass is 10.0. The Morgan fingerprint density at radius 1 is 0.977 bits per heavy atom. The van der Waals surface area contributed by atoms with Gasteiger partial charge < -0.3 is 19.7 Å². The van der Waals surface area contributed by atoms with Crippen LogP contribution in [-0.4, -0.2) is 57.3 Å². The molecule has 1 heterocycles. The first-order valence-corrected chi connectivity index (χ1v) is 16.6. The maximum absolute atomic E-state index is 13.9. The normalized spacial score (nSPS) is 12.9. The third-order valence-corrected chi connectivity index (χ3v) is 8.76. The van der Waals surface area contributed by atoms with Gasteiger partial charge in [-0.05, 0) is 42.2 Å². The van der Waals surface area contributed by atoms with Gasteiger partial charge >= 0.3 is 0 Å². The second-order valence-electron chi connectivity index (χ2n) is 10.4. The van der Waals surface area contributed by atoms with Crippen molar-refractivity contribution in [1.82, 2.24) is 10.2 Å². The summed E-state index contributed by atoms with van der Waals surface area (Å²) >= 11 is 6.49. The Bertz CT molecular complexity index is 1500. The van der Waals surface area contributed by atoms with Crippen molar-refractivity contribution in [3.05, 3.63) is 88.9 Å². The molecule has 0 aliphatic carbocycles. The van der Waals surface area contributed by atoms with Gasteiger partial charge in [0.05, 0.1) is 11.9 Å². The van der Waals surface area contributed by atoms with Crippen molar-refractivity contribution >= 4 is 39.1 Å². The van der Waals surface area contributed by atoms with Crippen LogP contribution < -0.4 is 19.1 Å². The summed E-state index contributed by atoms with van der Waals surface area (Å²) in [5.41, 5.74) is 2.06. The number of carbonyl (C=O) groups is 2. The van der Waals surface area contributed by atoms with Gasteiger partial charge in [-0.2, -0.15) is 0 Å². The standard InChI is InChI=1S/C32H38ClN3O6S/c1-3-4-18-34-32(38)28(20-24-11-6-5-7-12-24)35(22-25-13-8-9-14-27(25)33)31(37)15-10-19-36(43(2,39)40)26-16-17-29-30(21-26)42-23-41-29/h5-9,11-14,16-17,21,28H,3-4,10,15,18-20,22-23H2,1-2H3,(H,34,38)/t28-/m1/s1. The molecule has 1 aliphatic heterocycles. The molecule has 0 unspecified atom stereocenters. The van der Waals surface area contributed by atoms with E-state index in [1.165, 1.54) is 4.31 Å². The number of hydrogen-bond donors (Lipinski definition) is 1. The highest BCUT2D eigenvalue weighted by Gasteiger charge is 2.31. The van der Waals surface area contributed by atoms with Gasteiger partial charge in [-0.1, -0.05) is 73.5 Å². The molecule has 0 fully saturated rings. The minimum absolute atomic E-state index is 0.0224. The van der Waals surface area contributed by atoms with Gasteiger partial charge in [0.15, 0.2) is 11.5 Å². The number of sulfonamides is 1. The quantitative estimate of drug-likeness (QED) is 0.233. The van der Waals surface area contributed by atoms with Gasteiger partial charge in [-0.25, -0.2) is 8.42 Å². The monoisotopic (exact) mass is 627 g/mol. The summed E-state index contributed by atoms with van der Waals surface area (Å²) in [6.45, 7) is 2.83. The second kappa shape index (κ2) is 15.1. The summed E-state index contributed by atoms with van der Waals surface area (Å²) in [7, 11) is -3.66. The van der Waals surface area contributed by atoms with E-state index in [1.807, 2.05) is 55.5 Å². The van der Waals surface area contributed by atoms with Gasteiger partial charge in [-0.15, -0.1) is 0 Å². The molecular formula is C32H38ClN3O6S. The fourth-order valence-electron chi connectivity index (χ4n) is 4.91.